The summed E-state index contributed by atoms with van der Waals surface area (Å²) in [5.74, 6) is 0.0500. The molecule has 0 amide bonds. The third-order valence-corrected chi connectivity index (χ3v) is 4.77. The molecule has 130 valence electrons. The molecular weight excluding hydrogens is 349 g/mol. The molecule has 0 aliphatic rings. The first-order valence-electron chi connectivity index (χ1n) is 7.20. The van der Waals surface area contributed by atoms with Gasteiger partial charge in [-0.3, -0.25) is 0 Å². The van der Waals surface area contributed by atoms with Crippen LogP contribution >= 0.6 is 0 Å². The zero-order valence-electron chi connectivity index (χ0n) is 13.1. The minimum atomic E-state index is -3.75. The lowest BCUT2D eigenvalue weighted by atomic mass is 10.2. The molecule has 0 aliphatic carbocycles. The summed E-state index contributed by atoms with van der Waals surface area (Å²) in [6.07, 6.45) is 0. The Morgan fingerprint density at radius 2 is 1.84 bits per heavy atom. The minimum absolute atomic E-state index is 0.0169. The number of hydrogen-bond acceptors (Lipinski definition) is 6. The molecule has 1 N–H and O–H groups in total. The van der Waals surface area contributed by atoms with Crippen molar-refractivity contribution in [3.63, 3.8) is 0 Å². The van der Waals surface area contributed by atoms with E-state index in [1.807, 2.05) is 0 Å². The Labute approximate surface area is 143 Å². The van der Waals surface area contributed by atoms with Gasteiger partial charge in [-0.25, -0.2) is 17.5 Å². The van der Waals surface area contributed by atoms with Crippen LogP contribution in [0.25, 0.3) is 11.5 Å². The molecule has 2 aromatic carbocycles. The van der Waals surface area contributed by atoms with Gasteiger partial charge in [-0.15, -0.1) is 10.2 Å². The first-order chi connectivity index (χ1) is 12.0. The molecule has 0 saturated heterocycles. The summed E-state index contributed by atoms with van der Waals surface area (Å²) < 4.78 is 50.8. The Kier molecular flexibility index (Phi) is 4.77. The van der Waals surface area contributed by atoms with Crippen molar-refractivity contribution in [3.05, 3.63) is 60.2 Å². The summed E-state index contributed by atoms with van der Waals surface area (Å²) in [6.45, 7) is -0.212. The van der Waals surface area contributed by atoms with Crippen LogP contribution in [0.3, 0.4) is 0 Å². The Morgan fingerprint density at radius 1 is 1.12 bits per heavy atom. The van der Waals surface area contributed by atoms with Gasteiger partial charge in [-0.2, -0.15) is 0 Å². The summed E-state index contributed by atoms with van der Waals surface area (Å²) in [5.41, 5.74) is 0.152. The Balaban J connectivity index is 1.72. The van der Waals surface area contributed by atoms with Gasteiger partial charge in [0.05, 0.1) is 24.1 Å². The maximum absolute atomic E-state index is 13.7. The van der Waals surface area contributed by atoms with E-state index in [-0.39, 0.29) is 28.8 Å². The second kappa shape index (κ2) is 6.99. The van der Waals surface area contributed by atoms with E-state index in [4.69, 9.17) is 9.15 Å². The number of benzene rings is 2. The Bertz CT molecular complexity index is 971. The number of halogens is 1. The highest BCUT2D eigenvalue weighted by molar-refractivity contribution is 7.89. The van der Waals surface area contributed by atoms with Crippen LogP contribution in [0, 0.1) is 5.82 Å². The number of nitrogens with zero attached hydrogens (tertiary/aromatic N) is 2. The van der Waals surface area contributed by atoms with Crippen molar-refractivity contribution in [3.8, 4) is 17.2 Å². The lowest BCUT2D eigenvalue weighted by Crippen LogP contribution is -2.23. The van der Waals surface area contributed by atoms with Crippen molar-refractivity contribution >= 4 is 10.0 Å². The zero-order valence-corrected chi connectivity index (χ0v) is 14.0. The number of sulfonamides is 1. The molecule has 0 spiro atoms. The lowest BCUT2D eigenvalue weighted by Gasteiger charge is -2.05. The van der Waals surface area contributed by atoms with E-state index in [1.165, 1.54) is 43.5 Å². The first kappa shape index (κ1) is 17.1. The highest BCUT2D eigenvalue weighted by Gasteiger charge is 2.17. The highest BCUT2D eigenvalue weighted by atomic mass is 32.2. The molecule has 0 aliphatic heterocycles. The van der Waals surface area contributed by atoms with Crippen molar-refractivity contribution in [1.29, 1.82) is 0 Å². The fourth-order valence-electron chi connectivity index (χ4n) is 2.06. The molecule has 9 heteroatoms. The second-order valence-corrected chi connectivity index (χ2v) is 6.75. The molecule has 7 nitrogen and oxygen atoms in total. The average Bonchev–Trinajstić information content (AvgIpc) is 3.09. The number of rotatable bonds is 6. The van der Waals surface area contributed by atoms with Crippen molar-refractivity contribution in [1.82, 2.24) is 14.9 Å². The zero-order chi connectivity index (χ0) is 17.9. The molecule has 0 unspecified atom stereocenters. The molecule has 0 atom stereocenters. The molecule has 0 bridgehead atoms. The van der Waals surface area contributed by atoms with Crippen LogP contribution < -0.4 is 9.46 Å². The van der Waals surface area contributed by atoms with Gasteiger partial charge in [0.15, 0.2) is 0 Å². The Morgan fingerprint density at radius 3 is 2.52 bits per heavy atom. The number of aromatic nitrogens is 2. The van der Waals surface area contributed by atoms with Crippen LogP contribution in [0.5, 0.6) is 5.75 Å². The van der Waals surface area contributed by atoms with E-state index in [2.05, 4.69) is 14.9 Å². The minimum Gasteiger partial charge on any atom is -0.497 e. The Hall–Kier alpha value is -2.78. The predicted molar refractivity (Wildman–Crippen MR) is 86.7 cm³/mol. The van der Waals surface area contributed by atoms with E-state index in [9.17, 15) is 12.8 Å². The summed E-state index contributed by atoms with van der Waals surface area (Å²) in [4.78, 5) is 0.0714. The molecule has 3 aromatic rings. The largest absolute Gasteiger partial charge is 0.497 e. The van der Waals surface area contributed by atoms with E-state index >= 15 is 0 Å². The summed E-state index contributed by atoms with van der Waals surface area (Å²) in [7, 11) is -2.26. The summed E-state index contributed by atoms with van der Waals surface area (Å²) in [6, 6.07) is 11.8. The van der Waals surface area contributed by atoms with E-state index in [0.29, 0.717) is 5.75 Å². The van der Waals surface area contributed by atoms with Crippen LogP contribution in [0.1, 0.15) is 5.89 Å². The normalized spacial score (nSPS) is 11.4. The number of hydrogen-bond donors (Lipinski definition) is 1. The first-order valence-corrected chi connectivity index (χ1v) is 8.69. The van der Waals surface area contributed by atoms with Gasteiger partial charge >= 0.3 is 0 Å². The molecule has 1 heterocycles. The van der Waals surface area contributed by atoms with Gasteiger partial charge < -0.3 is 9.15 Å². The third kappa shape index (κ3) is 3.83. The van der Waals surface area contributed by atoms with Gasteiger partial charge in [-0.1, -0.05) is 12.1 Å². The van der Waals surface area contributed by atoms with Crippen molar-refractivity contribution < 1.29 is 22.0 Å². The number of nitrogens with one attached hydrogen (secondary N) is 1. The fraction of sp³-hybridized carbons (Fsp3) is 0.125. The standard InChI is InChI=1S/C16H14FN3O4S/c1-23-11-6-8-12(9-7-11)25(21,22)18-10-15-19-20-16(24-15)13-4-2-3-5-14(13)17/h2-9,18H,10H2,1H3. The third-order valence-electron chi connectivity index (χ3n) is 3.35. The van der Waals surface area contributed by atoms with Crippen molar-refractivity contribution in [2.75, 3.05) is 7.11 Å². The maximum Gasteiger partial charge on any atom is 0.250 e. The number of methoxy groups -OCH3 is 1. The summed E-state index contributed by atoms with van der Waals surface area (Å²) >= 11 is 0. The van der Waals surface area contributed by atoms with Crippen molar-refractivity contribution in [2.45, 2.75) is 11.4 Å². The van der Waals surface area contributed by atoms with Crippen molar-refractivity contribution in [2.24, 2.45) is 0 Å². The second-order valence-electron chi connectivity index (χ2n) is 4.98. The molecule has 1 aromatic heterocycles. The molecule has 3 rings (SSSR count). The van der Waals surface area contributed by atoms with E-state index < -0.39 is 15.8 Å². The van der Waals surface area contributed by atoms with Crippen LogP contribution in [-0.2, 0) is 16.6 Å². The van der Waals surface area contributed by atoms with Gasteiger partial charge in [0, 0.05) is 0 Å². The van der Waals surface area contributed by atoms with Crippen LogP contribution in [0.2, 0.25) is 0 Å². The fourth-order valence-corrected chi connectivity index (χ4v) is 3.04. The van der Waals surface area contributed by atoms with Gasteiger partial charge in [0.25, 0.3) is 5.89 Å². The van der Waals surface area contributed by atoms with Gasteiger partial charge in [-0.05, 0) is 36.4 Å². The SMILES string of the molecule is COc1ccc(S(=O)(=O)NCc2nnc(-c3ccccc3F)o2)cc1. The average molecular weight is 363 g/mol. The maximum atomic E-state index is 13.7. The van der Waals surface area contributed by atoms with E-state index in [1.54, 1.807) is 12.1 Å². The predicted octanol–water partition coefficient (Wildman–Crippen LogP) is 2.36. The van der Waals surface area contributed by atoms with E-state index in [0.717, 1.165) is 0 Å². The highest BCUT2D eigenvalue weighted by Crippen LogP contribution is 2.21. The molecule has 0 fully saturated rings. The van der Waals surface area contributed by atoms with Gasteiger partial charge in [0.2, 0.25) is 15.9 Å². The molecule has 0 radical (unpaired) electrons. The lowest BCUT2D eigenvalue weighted by molar-refractivity contribution is 0.414. The smallest absolute Gasteiger partial charge is 0.250 e. The van der Waals surface area contributed by atoms with Crippen LogP contribution in [-0.4, -0.2) is 25.7 Å². The molecule has 0 saturated carbocycles. The monoisotopic (exact) mass is 363 g/mol. The number of ether oxygens (including phenoxy) is 1. The summed E-state index contributed by atoms with van der Waals surface area (Å²) in [5, 5.41) is 7.46. The quantitative estimate of drug-likeness (QED) is 0.722. The molecule has 25 heavy (non-hydrogen) atoms. The van der Waals surface area contributed by atoms with Gasteiger partial charge in [0.1, 0.15) is 11.6 Å². The van der Waals surface area contributed by atoms with Crippen LogP contribution in [0.15, 0.2) is 57.8 Å². The molecular formula is C16H14FN3O4S. The van der Waals surface area contributed by atoms with Crippen LogP contribution in [0.4, 0.5) is 4.39 Å². The topological polar surface area (TPSA) is 94.3 Å².